The zero-order valence-electron chi connectivity index (χ0n) is 9.86. The fraction of sp³-hybridized carbons (Fsp3) is 0.154. The molecule has 0 heterocycles. The molecule has 1 aromatic rings. The number of rotatable bonds is 3. The molecule has 1 unspecified atom stereocenters. The number of alkyl halides is 3. The number of Topliss-reactive ketones (excluding diaryl/α,β-unsaturated/α-hetero) is 1. The topological polar surface area (TPSA) is 70.0 Å². The summed E-state index contributed by atoms with van der Waals surface area (Å²) < 4.78 is 37.0. The number of hydrogen-bond donors (Lipinski definition) is 1. The summed E-state index contributed by atoms with van der Waals surface area (Å²) >= 11 is 0. The van der Waals surface area contributed by atoms with E-state index in [4.69, 9.17) is 11.7 Å². The van der Waals surface area contributed by atoms with Crippen molar-refractivity contribution in [1.29, 1.82) is 5.26 Å². The van der Waals surface area contributed by atoms with Crippen LogP contribution in [-0.2, 0) is 15.8 Å². The van der Waals surface area contributed by atoms with Gasteiger partial charge in [-0.25, -0.2) is 0 Å². The molecular weight excluding hydrogens is 273 g/mol. The largest absolute Gasteiger partial charge is 0.416 e. The summed E-state index contributed by atoms with van der Waals surface area (Å²) in [6, 6.07) is 4.97. The molecule has 0 aromatic heterocycles. The standard InChI is InChI=1S/C13H7F3N2O2/c1-2-11(19)10(7-17)12(20)18-9-5-3-8(4-6-9)13(14,15)16/h1,3-6,10H,(H,18,20). The van der Waals surface area contributed by atoms with Crippen LogP contribution in [0.2, 0.25) is 0 Å². The van der Waals surface area contributed by atoms with Crippen LogP contribution in [0, 0.1) is 29.6 Å². The van der Waals surface area contributed by atoms with Crippen molar-refractivity contribution in [2.24, 2.45) is 5.92 Å². The lowest BCUT2D eigenvalue weighted by Crippen LogP contribution is -2.27. The Morgan fingerprint density at radius 3 is 2.20 bits per heavy atom. The van der Waals surface area contributed by atoms with Gasteiger partial charge in [-0.05, 0) is 30.2 Å². The molecule has 0 bridgehead atoms. The summed E-state index contributed by atoms with van der Waals surface area (Å²) in [4.78, 5) is 22.6. The van der Waals surface area contributed by atoms with E-state index in [2.05, 4.69) is 5.32 Å². The van der Waals surface area contributed by atoms with E-state index in [1.54, 1.807) is 5.92 Å². The van der Waals surface area contributed by atoms with E-state index < -0.39 is 29.3 Å². The summed E-state index contributed by atoms with van der Waals surface area (Å²) in [6.07, 6.45) is 0.303. The highest BCUT2D eigenvalue weighted by atomic mass is 19.4. The minimum Gasteiger partial charge on any atom is -0.325 e. The molecule has 7 heteroatoms. The van der Waals surface area contributed by atoms with Gasteiger partial charge in [0.25, 0.3) is 0 Å². The van der Waals surface area contributed by atoms with Crippen molar-refractivity contribution < 1.29 is 22.8 Å². The Balaban J connectivity index is 2.85. The first-order chi connectivity index (χ1) is 9.29. The van der Waals surface area contributed by atoms with E-state index in [9.17, 15) is 22.8 Å². The highest BCUT2D eigenvalue weighted by Gasteiger charge is 2.30. The van der Waals surface area contributed by atoms with Crippen LogP contribution in [0.5, 0.6) is 0 Å². The lowest BCUT2D eigenvalue weighted by molar-refractivity contribution is -0.137. The summed E-state index contributed by atoms with van der Waals surface area (Å²) in [5.74, 6) is -2.06. The van der Waals surface area contributed by atoms with Gasteiger partial charge in [-0.3, -0.25) is 9.59 Å². The number of nitriles is 1. The molecule has 1 N–H and O–H groups in total. The summed E-state index contributed by atoms with van der Waals surface area (Å²) in [5, 5.41) is 10.8. The molecule has 4 nitrogen and oxygen atoms in total. The van der Waals surface area contributed by atoms with Crippen molar-refractivity contribution in [3.05, 3.63) is 29.8 Å². The Kier molecular flexibility index (Phi) is 4.50. The van der Waals surface area contributed by atoms with Gasteiger partial charge >= 0.3 is 6.18 Å². The number of nitrogens with one attached hydrogen (secondary N) is 1. The summed E-state index contributed by atoms with van der Waals surface area (Å²) in [6.45, 7) is 0. The Hall–Kier alpha value is -2.80. The molecule has 0 radical (unpaired) electrons. The molecule has 0 saturated heterocycles. The van der Waals surface area contributed by atoms with E-state index >= 15 is 0 Å². The van der Waals surface area contributed by atoms with Crippen molar-refractivity contribution >= 4 is 17.4 Å². The fourth-order valence-corrected chi connectivity index (χ4v) is 1.28. The van der Waals surface area contributed by atoms with Crippen LogP contribution in [0.1, 0.15) is 5.56 Å². The maximum Gasteiger partial charge on any atom is 0.416 e. The molecule has 0 fully saturated rings. The molecule has 0 spiro atoms. The van der Waals surface area contributed by atoms with Gasteiger partial charge in [-0.15, -0.1) is 6.42 Å². The van der Waals surface area contributed by atoms with Gasteiger partial charge < -0.3 is 5.32 Å². The fourth-order valence-electron chi connectivity index (χ4n) is 1.28. The van der Waals surface area contributed by atoms with Gasteiger partial charge in [-0.2, -0.15) is 18.4 Å². The third-order valence-electron chi connectivity index (χ3n) is 2.28. The van der Waals surface area contributed by atoms with E-state index in [-0.39, 0.29) is 5.69 Å². The van der Waals surface area contributed by atoms with Gasteiger partial charge in [0.2, 0.25) is 11.7 Å². The van der Waals surface area contributed by atoms with Crippen LogP contribution in [0.4, 0.5) is 18.9 Å². The number of terminal acetylenes is 1. The Labute approximate surface area is 112 Å². The second-order valence-electron chi connectivity index (χ2n) is 3.64. The van der Waals surface area contributed by atoms with E-state index in [0.717, 1.165) is 24.3 Å². The SMILES string of the molecule is C#CC(=O)C(C#N)C(=O)Nc1ccc(C(F)(F)F)cc1. The lowest BCUT2D eigenvalue weighted by Gasteiger charge is -2.09. The highest BCUT2D eigenvalue weighted by Crippen LogP contribution is 2.29. The van der Waals surface area contributed by atoms with Gasteiger partial charge in [0.05, 0.1) is 11.6 Å². The third kappa shape index (κ3) is 3.59. The minimum absolute atomic E-state index is 0.0214. The number of hydrogen-bond acceptors (Lipinski definition) is 3. The van der Waals surface area contributed by atoms with Crippen molar-refractivity contribution in [3.63, 3.8) is 0 Å². The smallest absolute Gasteiger partial charge is 0.325 e. The first-order valence-corrected chi connectivity index (χ1v) is 5.17. The number of amides is 1. The predicted octanol–water partition coefficient (Wildman–Crippen LogP) is 1.99. The zero-order chi connectivity index (χ0) is 15.3. The average Bonchev–Trinajstić information content (AvgIpc) is 2.38. The number of carbonyl (C=O) groups is 2. The first kappa shape index (κ1) is 15.3. The molecule has 0 saturated carbocycles. The van der Waals surface area contributed by atoms with Crippen LogP contribution in [0.25, 0.3) is 0 Å². The van der Waals surface area contributed by atoms with Crippen LogP contribution in [0.3, 0.4) is 0 Å². The van der Waals surface area contributed by atoms with Crippen molar-refractivity contribution in [1.82, 2.24) is 0 Å². The average molecular weight is 280 g/mol. The second kappa shape index (κ2) is 5.89. The lowest BCUT2D eigenvalue weighted by atomic mass is 10.1. The maximum absolute atomic E-state index is 12.3. The highest BCUT2D eigenvalue weighted by molar-refractivity contribution is 6.15. The number of halogens is 3. The molecule has 0 aliphatic rings. The molecule has 1 atom stereocenters. The number of anilines is 1. The normalized spacial score (nSPS) is 11.8. The van der Waals surface area contributed by atoms with Crippen LogP contribution >= 0.6 is 0 Å². The van der Waals surface area contributed by atoms with Gasteiger partial charge in [-0.1, -0.05) is 0 Å². The Bertz CT molecular complexity index is 606. The second-order valence-corrected chi connectivity index (χ2v) is 3.64. The summed E-state index contributed by atoms with van der Waals surface area (Å²) in [7, 11) is 0. The molecule has 0 aliphatic carbocycles. The van der Waals surface area contributed by atoms with Gasteiger partial charge in [0, 0.05) is 5.69 Å². The Morgan fingerprint density at radius 2 is 1.80 bits per heavy atom. The van der Waals surface area contributed by atoms with E-state index in [1.165, 1.54) is 6.07 Å². The van der Waals surface area contributed by atoms with E-state index in [0.29, 0.717) is 0 Å². The third-order valence-corrected chi connectivity index (χ3v) is 2.28. The van der Waals surface area contributed by atoms with Crippen molar-refractivity contribution in [2.45, 2.75) is 6.18 Å². The number of nitrogens with zero attached hydrogens (tertiary/aromatic N) is 1. The molecule has 102 valence electrons. The van der Waals surface area contributed by atoms with Gasteiger partial charge in [0.1, 0.15) is 0 Å². The quantitative estimate of drug-likeness (QED) is 0.523. The number of ketones is 1. The molecule has 1 rings (SSSR count). The van der Waals surface area contributed by atoms with Crippen LogP contribution in [-0.4, -0.2) is 11.7 Å². The minimum atomic E-state index is -4.49. The summed E-state index contributed by atoms with van der Waals surface area (Å²) in [5.41, 5.74) is -0.861. The van der Waals surface area contributed by atoms with Crippen molar-refractivity contribution in [3.8, 4) is 18.4 Å². The molecule has 0 aliphatic heterocycles. The molecule has 1 amide bonds. The zero-order valence-corrected chi connectivity index (χ0v) is 9.86. The predicted molar refractivity (Wildman–Crippen MR) is 63.0 cm³/mol. The monoisotopic (exact) mass is 280 g/mol. The van der Waals surface area contributed by atoms with Crippen molar-refractivity contribution in [2.75, 3.05) is 5.32 Å². The van der Waals surface area contributed by atoms with Crippen LogP contribution < -0.4 is 5.32 Å². The molecule has 1 aromatic carbocycles. The number of carbonyl (C=O) groups excluding carboxylic acids is 2. The number of benzene rings is 1. The molecular formula is C13H7F3N2O2. The molecule has 20 heavy (non-hydrogen) atoms. The van der Waals surface area contributed by atoms with E-state index in [1.807, 2.05) is 0 Å². The maximum atomic E-state index is 12.3. The van der Waals surface area contributed by atoms with Gasteiger partial charge in [0.15, 0.2) is 5.92 Å². The van der Waals surface area contributed by atoms with Crippen LogP contribution in [0.15, 0.2) is 24.3 Å². The first-order valence-electron chi connectivity index (χ1n) is 5.17. The Morgan fingerprint density at radius 1 is 1.25 bits per heavy atom.